The van der Waals surface area contributed by atoms with Gasteiger partial charge in [-0.25, -0.2) is 9.18 Å². The van der Waals surface area contributed by atoms with Crippen molar-refractivity contribution in [3.63, 3.8) is 0 Å². The molecule has 31 heavy (non-hydrogen) atoms. The van der Waals surface area contributed by atoms with E-state index in [0.717, 1.165) is 37.1 Å². The summed E-state index contributed by atoms with van der Waals surface area (Å²) in [5.74, 6) is 1.15. The Bertz CT molecular complexity index is 888. The first kappa shape index (κ1) is 22.9. The lowest BCUT2D eigenvalue weighted by Crippen LogP contribution is -3.13. The molecule has 1 heterocycles. The summed E-state index contributed by atoms with van der Waals surface area (Å²) in [5.41, 5.74) is 3.41. The third-order valence-electron chi connectivity index (χ3n) is 5.87. The summed E-state index contributed by atoms with van der Waals surface area (Å²) in [7, 11) is 3.27. The Labute approximate surface area is 183 Å². The number of benzene rings is 2. The second kappa shape index (κ2) is 10.5. The Morgan fingerprint density at radius 2 is 1.87 bits per heavy atom. The molecule has 6 nitrogen and oxygen atoms in total. The molecule has 1 unspecified atom stereocenters. The number of carbonyl (C=O) groups excluding carboxylic acids is 1. The summed E-state index contributed by atoms with van der Waals surface area (Å²) in [6.07, 6.45) is 1.77. The molecular formula is C24H33FN3O3+. The number of fused-ring (bicyclic) bond motifs is 1. The average molecular weight is 431 g/mol. The van der Waals surface area contributed by atoms with E-state index in [9.17, 15) is 9.18 Å². The highest BCUT2D eigenvalue weighted by Gasteiger charge is 2.37. The quantitative estimate of drug-likeness (QED) is 0.603. The zero-order chi connectivity index (χ0) is 22.4. The normalized spacial score (nSPS) is 18.6. The van der Waals surface area contributed by atoms with Crippen LogP contribution in [0.1, 0.15) is 43.0 Å². The third-order valence-corrected chi connectivity index (χ3v) is 5.87. The summed E-state index contributed by atoms with van der Waals surface area (Å²) >= 11 is 0. The molecule has 0 aliphatic carbocycles. The van der Waals surface area contributed by atoms with Crippen molar-refractivity contribution >= 4 is 6.03 Å². The predicted molar refractivity (Wildman–Crippen MR) is 118 cm³/mol. The van der Waals surface area contributed by atoms with E-state index in [1.165, 1.54) is 22.6 Å². The number of carbonyl (C=O) groups is 1. The summed E-state index contributed by atoms with van der Waals surface area (Å²) in [5, 5.41) is 6.01. The minimum absolute atomic E-state index is 0.0148. The van der Waals surface area contributed by atoms with Crippen LogP contribution in [0.15, 0.2) is 36.4 Å². The molecule has 3 N–H and O–H groups in total. The Morgan fingerprint density at radius 3 is 2.52 bits per heavy atom. The maximum Gasteiger partial charge on any atom is 0.315 e. The first-order valence-corrected chi connectivity index (χ1v) is 10.8. The smallest absolute Gasteiger partial charge is 0.315 e. The number of nitrogens with one attached hydrogen (secondary N) is 3. The minimum Gasteiger partial charge on any atom is -0.493 e. The Morgan fingerprint density at radius 1 is 1.19 bits per heavy atom. The molecular weight excluding hydrogens is 397 g/mol. The number of hydrogen-bond acceptors (Lipinski definition) is 3. The van der Waals surface area contributed by atoms with Gasteiger partial charge in [-0.05, 0) is 43.2 Å². The summed E-state index contributed by atoms with van der Waals surface area (Å²) < 4.78 is 24.4. The van der Waals surface area contributed by atoms with E-state index in [1.54, 1.807) is 14.2 Å². The molecule has 0 fully saturated rings. The van der Waals surface area contributed by atoms with Crippen molar-refractivity contribution in [1.29, 1.82) is 0 Å². The molecule has 0 saturated heterocycles. The minimum atomic E-state index is -0.237. The monoisotopic (exact) mass is 430 g/mol. The van der Waals surface area contributed by atoms with Gasteiger partial charge in [0.1, 0.15) is 18.4 Å². The van der Waals surface area contributed by atoms with Crippen LogP contribution in [0.4, 0.5) is 9.18 Å². The van der Waals surface area contributed by atoms with Crippen LogP contribution in [-0.2, 0) is 13.0 Å². The van der Waals surface area contributed by atoms with E-state index in [1.807, 2.05) is 38.1 Å². The Hall–Kier alpha value is -2.80. The lowest BCUT2D eigenvalue weighted by Gasteiger charge is -2.38. The molecule has 2 amide bonds. The van der Waals surface area contributed by atoms with E-state index in [4.69, 9.17) is 9.47 Å². The topological polar surface area (TPSA) is 64.0 Å². The fourth-order valence-electron chi connectivity index (χ4n) is 4.38. The van der Waals surface area contributed by atoms with E-state index in [-0.39, 0.29) is 23.9 Å². The molecule has 1 aliphatic rings. The SMILES string of the molecule is CCCNC(=O)N[C@@H](C)[C@H]1c2cc(OC)c(OC)cc2CC[NH+]1Cc1ccc(F)cc1. The predicted octanol–water partition coefficient (Wildman–Crippen LogP) is 2.62. The molecule has 0 spiro atoms. The number of halogens is 1. The van der Waals surface area contributed by atoms with Crippen molar-refractivity contribution in [3.05, 3.63) is 58.9 Å². The van der Waals surface area contributed by atoms with Gasteiger partial charge in [0.25, 0.3) is 0 Å². The summed E-state index contributed by atoms with van der Waals surface area (Å²) in [6.45, 7) is 6.33. The molecule has 3 atom stereocenters. The van der Waals surface area contributed by atoms with Crippen molar-refractivity contribution in [3.8, 4) is 11.5 Å². The largest absolute Gasteiger partial charge is 0.493 e. The van der Waals surface area contributed by atoms with Crippen LogP contribution in [0.5, 0.6) is 11.5 Å². The van der Waals surface area contributed by atoms with E-state index < -0.39 is 0 Å². The van der Waals surface area contributed by atoms with Gasteiger partial charge in [0.05, 0.1) is 26.8 Å². The highest BCUT2D eigenvalue weighted by atomic mass is 19.1. The number of ether oxygens (including phenoxy) is 2. The van der Waals surface area contributed by atoms with Crippen LogP contribution in [0.25, 0.3) is 0 Å². The maximum atomic E-state index is 13.4. The first-order chi connectivity index (χ1) is 15.0. The van der Waals surface area contributed by atoms with E-state index >= 15 is 0 Å². The maximum absolute atomic E-state index is 13.4. The van der Waals surface area contributed by atoms with Crippen molar-refractivity contribution in [2.45, 2.75) is 45.3 Å². The number of urea groups is 1. The van der Waals surface area contributed by atoms with Gasteiger partial charge < -0.3 is 25.0 Å². The molecule has 2 aromatic carbocycles. The van der Waals surface area contributed by atoms with Gasteiger partial charge in [0.15, 0.2) is 11.5 Å². The Kier molecular flexibility index (Phi) is 7.74. The number of rotatable bonds is 8. The molecule has 168 valence electrons. The van der Waals surface area contributed by atoms with E-state index in [0.29, 0.717) is 18.0 Å². The van der Waals surface area contributed by atoms with Crippen molar-refractivity contribution in [1.82, 2.24) is 10.6 Å². The lowest BCUT2D eigenvalue weighted by molar-refractivity contribution is -0.948. The second-order valence-corrected chi connectivity index (χ2v) is 8.03. The van der Waals surface area contributed by atoms with Crippen molar-refractivity contribution < 1.29 is 23.6 Å². The van der Waals surface area contributed by atoms with Crippen LogP contribution in [0.2, 0.25) is 0 Å². The molecule has 0 aromatic heterocycles. The highest BCUT2D eigenvalue weighted by molar-refractivity contribution is 5.74. The number of quaternary nitrogens is 1. The van der Waals surface area contributed by atoms with Crippen molar-refractivity contribution in [2.75, 3.05) is 27.3 Å². The van der Waals surface area contributed by atoms with Gasteiger partial charge in [-0.3, -0.25) is 0 Å². The molecule has 3 rings (SSSR count). The van der Waals surface area contributed by atoms with Gasteiger partial charge in [-0.15, -0.1) is 0 Å². The highest BCUT2D eigenvalue weighted by Crippen LogP contribution is 2.35. The van der Waals surface area contributed by atoms with Crippen LogP contribution < -0.4 is 25.0 Å². The van der Waals surface area contributed by atoms with Gasteiger partial charge in [0, 0.05) is 24.1 Å². The van der Waals surface area contributed by atoms with Gasteiger partial charge in [0.2, 0.25) is 0 Å². The number of amides is 2. The van der Waals surface area contributed by atoms with Crippen molar-refractivity contribution in [2.24, 2.45) is 0 Å². The summed E-state index contributed by atoms with van der Waals surface area (Å²) in [6, 6.07) is 10.5. The molecule has 1 aliphatic heterocycles. The first-order valence-electron chi connectivity index (χ1n) is 10.8. The molecule has 0 radical (unpaired) electrons. The Balaban J connectivity index is 1.93. The fraction of sp³-hybridized carbons (Fsp3) is 0.458. The van der Waals surface area contributed by atoms with Gasteiger partial charge >= 0.3 is 6.03 Å². The van der Waals surface area contributed by atoms with Gasteiger partial charge in [-0.2, -0.15) is 0 Å². The zero-order valence-corrected chi connectivity index (χ0v) is 18.8. The van der Waals surface area contributed by atoms with Gasteiger partial charge in [-0.1, -0.05) is 19.1 Å². The fourth-order valence-corrected chi connectivity index (χ4v) is 4.38. The molecule has 7 heteroatoms. The lowest BCUT2D eigenvalue weighted by atomic mass is 9.87. The van der Waals surface area contributed by atoms with Crippen LogP contribution >= 0.6 is 0 Å². The number of hydrogen-bond donors (Lipinski definition) is 3. The summed E-state index contributed by atoms with van der Waals surface area (Å²) in [4.78, 5) is 13.7. The van der Waals surface area contributed by atoms with Crippen LogP contribution in [-0.4, -0.2) is 39.4 Å². The standard InChI is InChI=1S/C24H32FN3O3/c1-5-11-26-24(29)27-16(2)23-20-14-22(31-4)21(30-3)13-18(20)10-12-28(23)15-17-6-8-19(25)9-7-17/h6-9,13-14,16,23H,5,10-12,15H2,1-4H3,(H2,26,27,29)/p+1/t16-,23-/m0/s1. The molecule has 0 bridgehead atoms. The molecule has 0 saturated carbocycles. The van der Waals surface area contributed by atoms with Crippen LogP contribution in [0, 0.1) is 5.82 Å². The van der Waals surface area contributed by atoms with Crippen LogP contribution in [0.3, 0.4) is 0 Å². The zero-order valence-electron chi connectivity index (χ0n) is 18.8. The number of methoxy groups -OCH3 is 2. The molecule has 2 aromatic rings. The third kappa shape index (κ3) is 5.47. The average Bonchev–Trinajstić information content (AvgIpc) is 2.77. The van der Waals surface area contributed by atoms with E-state index in [2.05, 4.69) is 10.6 Å². The second-order valence-electron chi connectivity index (χ2n) is 8.03.